The lowest BCUT2D eigenvalue weighted by atomic mass is 9.91. The summed E-state index contributed by atoms with van der Waals surface area (Å²) in [5.74, 6) is -1.48. The van der Waals surface area contributed by atoms with E-state index in [0.717, 1.165) is 19.3 Å². The van der Waals surface area contributed by atoms with Gasteiger partial charge in [0.2, 0.25) is 0 Å². The van der Waals surface area contributed by atoms with Gasteiger partial charge < -0.3 is 10.0 Å². The predicted octanol–water partition coefficient (Wildman–Crippen LogP) is -0.330. The number of aliphatic carboxylic acids is 1. The minimum Gasteiger partial charge on any atom is -0.480 e. The highest BCUT2D eigenvalue weighted by Crippen LogP contribution is 2.23. The third kappa shape index (κ3) is 2.04. The van der Waals surface area contributed by atoms with E-state index in [-0.39, 0.29) is 11.9 Å². The van der Waals surface area contributed by atoms with Crippen LogP contribution in [0, 0.1) is 0 Å². The Labute approximate surface area is 83.1 Å². The molecule has 2 N–H and O–H groups in total. The molecule has 0 aromatic rings. The molecule has 0 aromatic carbocycles. The summed E-state index contributed by atoms with van der Waals surface area (Å²) in [5, 5.41) is 11.2. The van der Waals surface area contributed by atoms with Gasteiger partial charge in [0.05, 0.1) is 0 Å². The first-order valence-corrected chi connectivity index (χ1v) is 4.74. The van der Waals surface area contributed by atoms with Crippen molar-refractivity contribution < 1.29 is 14.7 Å². The molecule has 1 aliphatic rings. The summed E-state index contributed by atoms with van der Waals surface area (Å²) in [6, 6.07) is -0.877. The number of nitrogens with one attached hydrogen (secondary N) is 1. The van der Waals surface area contributed by atoms with Crippen molar-refractivity contribution in [1.29, 1.82) is 0 Å². The van der Waals surface area contributed by atoms with E-state index in [9.17, 15) is 9.59 Å². The molecular formula is C9H16N2O3. The minimum absolute atomic E-state index is 0.234. The summed E-state index contributed by atoms with van der Waals surface area (Å²) in [6.07, 6.45) is 3.09. The monoisotopic (exact) mass is 200 g/mol. The first kappa shape index (κ1) is 11.0. The molecular weight excluding hydrogens is 184 g/mol. The van der Waals surface area contributed by atoms with Crippen LogP contribution in [-0.4, -0.2) is 48.1 Å². The van der Waals surface area contributed by atoms with E-state index in [1.165, 1.54) is 7.05 Å². The summed E-state index contributed by atoms with van der Waals surface area (Å²) in [6.45, 7) is 0. The fourth-order valence-corrected chi connectivity index (χ4v) is 1.51. The summed E-state index contributed by atoms with van der Waals surface area (Å²) in [4.78, 5) is 23.9. The smallest absolute Gasteiger partial charge is 0.330 e. The first-order chi connectivity index (χ1) is 6.57. The zero-order valence-corrected chi connectivity index (χ0v) is 8.49. The van der Waals surface area contributed by atoms with E-state index in [0.29, 0.717) is 0 Å². The minimum atomic E-state index is -1.12. The summed E-state index contributed by atoms with van der Waals surface area (Å²) < 4.78 is 0. The highest BCUT2D eigenvalue weighted by molar-refractivity contribution is 6.01. The maximum atomic E-state index is 11.6. The van der Waals surface area contributed by atoms with Crippen LogP contribution in [0.15, 0.2) is 0 Å². The normalized spacial score (nSPS) is 18.4. The van der Waals surface area contributed by atoms with E-state index < -0.39 is 12.0 Å². The molecule has 0 heterocycles. The number of nitrogens with zero attached hydrogens (tertiary/aromatic N) is 1. The van der Waals surface area contributed by atoms with Gasteiger partial charge in [0.1, 0.15) is 0 Å². The number of carboxylic acid groups (broad SMARTS) is 1. The van der Waals surface area contributed by atoms with Gasteiger partial charge in [0.15, 0.2) is 6.04 Å². The van der Waals surface area contributed by atoms with E-state index in [4.69, 9.17) is 5.11 Å². The number of amides is 1. The maximum Gasteiger partial charge on any atom is 0.330 e. The Morgan fingerprint density at radius 3 is 2.36 bits per heavy atom. The molecule has 0 aromatic heterocycles. The molecule has 1 amide bonds. The van der Waals surface area contributed by atoms with Crippen LogP contribution in [0.4, 0.5) is 0 Å². The average molecular weight is 200 g/mol. The molecule has 0 bridgehead atoms. The van der Waals surface area contributed by atoms with Gasteiger partial charge in [0, 0.05) is 13.1 Å². The zero-order chi connectivity index (χ0) is 10.7. The third-order valence-electron chi connectivity index (χ3n) is 2.75. The summed E-state index contributed by atoms with van der Waals surface area (Å²) in [7, 11) is 3.14. The van der Waals surface area contributed by atoms with Crippen molar-refractivity contribution >= 4 is 11.9 Å². The van der Waals surface area contributed by atoms with Crippen molar-refractivity contribution in [1.82, 2.24) is 10.2 Å². The zero-order valence-electron chi connectivity index (χ0n) is 8.49. The van der Waals surface area contributed by atoms with Gasteiger partial charge >= 0.3 is 5.97 Å². The van der Waals surface area contributed by atoms with Crippen LogP contribution >= 0.6 is 0 Å². The van der Waals surface area contributed by atoms with Crippen LogP contribution in [0.25, 0.3) is 0 Å². The highest BCUT2D eigenvalue weighted by Gasteiger charge is 2.32. The van der Waals surface area contributed by atoms with Gasteiger partial charge in [-0.25, -0.2) is 4.79 Å². The fourth-order valence-electron chi connectivity index (χ4n) is 1.51. The number of rotatable bonds is 4. The van der Waals surface area contributed by atoms with E-state index in [2.05, 4.69) is 5.32 Å². The molecule has 5 nitrogen and oxygen atoms in total. The Bertz CT molecular complexity index is 238. The lowest BCUT2D eigenvalue weighted by Gasteiger charge is -2.35. The molecule has 1 atom stereocenters. The van der Waals surface area contributed by atoms with E-state index in [1.807, 2.05) is 0 Å². The second-order valence-electron chi connectivity index (χ2n) is 3.59. The molecule has 5 heteroatoms. The number of carboxylic acids is 1. The summed E-state index contributed by atoms with van der Waals surface area (Å²) >= 11 is 0. The van der Waals surface area contributed by atoms with Crippen molar-refractivity contribution in [2.75, 3.05) is 14.1 Å². The molecule has 80 valence electrons. The Kier molecular flexibility index (Phi) is 3.46. The van der Waals surface area contributed by atoms with Crippen LogP contribution in [0.5, 0.6) is 0 Å². The molecule has 1 rings (SSSR count). The summed E-state index contributed by atoms with van der Waals surface area (Å²) in [5.41, 5.74) is 0. The number of hydrogen-bond donors (Lipinski definition) is 2. The first-order valence-electron chi connectivity index (χ1n) is 4.74. The number of carbonyl (C=O) groups excluding carboxylic acids is 1. The lowest BCUT2D eigenvalue weighted by Crippen LogP contribution is -2.52. The number of carbonyl (C=O) groups is 2. The highest BCUT2D eigenvalue weighted by atomic mass is 16.4. The van der Waals surface area contributed by atoms with Crippen LogP contribution in [0.2, 0.25) is 0 Å². The van der Waals surface area contributed by atoms with Gasteiger partial charge in [-0.1, -0.05) is 0 Å². The third-order valence-corrected chi connectivity index (χ3v) is 2.75. The van der Waals surface area contributed by atoms with Crippen LogP contribution in [0.3, 0.4) is 0 Å². The number of likely N-dealkylation sites (N-methyl/N-ethyl adjacent to an activating group) is 2. The quantitative estimate of drug-likeness (QED) is 0.610. The number of hydrogen-bond acceptors (Lipinski definition) is 3. The Hall–Kier alpha value is -1.10. The molecule has 0 spiro atoms. The average Bonchev–Trinajstić information content (AvgIpc) is 2.01. The Morgan fingerprint density at radius 2 is 2.07 bits per heavy atom. The van der Waals surface area contributed by atoms with Crippen molar-refractivity contribution in [2.45, 2.75) is 31.3 Å². The van der Waals surface area contributed by atoms with E-state index in [1.54, 1.807) is 11.9 Å². The Balaban J connectivity index is 2.56. The topological polar surface area (TPSA) is 69.6 Å². The molecule has 0 radical (unpaired) electrons. The van der Waals surface area contributed by atoms with Crippen molar-refractivity contribution in [3.63, 3.8) is 0 Å². The Morgan fingerprint density at radius 1 is 1.50 bits per heavy atom. The van der Waals surface area contributed by atoms with Crippen LogP contribution in [0.1, 0.15) is 19.3 Å². The molecule has 1 saturated carbocycles. The molecule has 0 saturated heterocycles. The van der Waals surface area contributed by atoms with Gasteiger partial charge in [-0.3, -0.25) is 10.1 Å². The van der Waals surface area contributed by atoms with Crippen molar-refractivity contribution in [2.24, 2.45) is 0 Å². The predicted molar refractivity (Wildman–Crippen MR) is 50.9 cm³/mol. The lowest BCUT2D eigenvalue weighted by molar-refractivity contribution is -0.148. The fraction of sp³-hybridized carbons (Fsp3) is 0.778. The van der Waals surface area contributed by atoms with Crippen molar-refractivity contribution in [3.8, 4) is 0 Å². The maximum absolute atomic E-state index is 11.6. The standard InChI is InChI=1S/C9H16N2O3/c1-10-7(9(13)14)8(12)11(2)6-4-3-5-6/h6-7,10H,3-5H2,1-2H3,(H,13,14). The second-order valence-corrected chi connectivity index (χ2v) is 3.59. The van der Waals surface area contributed by atoms with Gasteiger partial charge in [0.25, 0.3) is 5.91 Å². The molecule has 1 fully saturated rings. The van der Waals surface area contributed by atoms with Crippen LogP contribution < -0.4 is 5.32 Å². The largest absolute Gasteiger partial charge is 0.480 e. The van der Waals surface area contributed by atoms with Gasteiger partial charge in [-0.2, -0.15) is 0 Å². The SMILES string of the molecule is CNC(C(=O)O)C(=O)N(C)C1CCC1. The van der Waals surface area contributed by atoms with Crippen LogP contribution in [-0.2, 0) is 9.59 Å². The van der Waals surface area contributed by atoms with Gasteiger partial charge in [-0.05, 0) is 26.3 Å². The molecule has 14 heavy (non-hydrogen) atoms. The molecule has 1 aliphatic carbocycles. The van der Waals surface area contributed by atoms with E-state index >= 15 is 0 Å². The molecule has 0 aliphatic heterocycles. The second kappa shape index (κ2) is 4.41. The van der Waals surface area contributed by atoms with Crippen molar-refractivity contribution in [3.05, 3.63) is 0 Å². The van der Waals surface area contributed by atoms with Gasteiger partial charge in [-0.15, -0.1) is 0 Å². The molecule has 1 unspecified atom stereocenters.